The van der Waals surface area contributed by atoms with Gasteiger partial charge in [0.25, 0.3) is 0 Å². The molecule has 0 aliphatic heterocycles. The molecule has 0 fully saturated rings. The zero-order valence-corrected chi connectivity index (χ0v) is 23.7. The van der Waals surface area contributed by atoms with Gasteiger partial charge in [0.05, 0.1) is 0 Å². The predicted octanol–water partition coefficient (Wildman–Crippen LogP) is 9.66. The van der Waals surface area contributed by atoms with Crippen LogP contribution in [0, 0.1) is 0 Å². The Balaban J connectivity index is 1.24. The average Bonchev–Trinajstić information content (AvgIpc) is 2.93. The molecule has 0 spiro atoms. The summed E-state index contributed by atoms with van der Waals surface area (Å²) in [7, 11) is 0. The molecule has 0 unspecified atom stereocenters. The minimum atomic E-state index is 0.305. The van der Waals surface area contributed by atoms with Crippen LogP contribution in [0.4, 0.5) is 0 Å². The van der Waals surface area contributed by atoms with Gasteiger partial charge in [0.2, 0.25) is 0 Å². The maximum Gasteiger partial charge on any atom is 0.124 e. The van der Waals surface area contributed by atoms with Gasteiger partial charge in [-0.3, -0.25) is 9.98 Å². The highest BCUT2D eigenvalue weighted by molar-refractivity contribution is 5.83. The van der Waals surface area contributed by atoms with Crippen molar-refractivity contribution in [3.63, 3.8) is 0 Å². The van der Waals surface area contributed by atoms with Crippen LogP contribution in [0.3, 0.4) is 0 Å². The predicted molar refractivity (Wildman–Crippen MR) is 164 cm³/mol. The summed E-state index contributed by atoms with van der Waals surface area (Å²) in [4.78, 5) is 8.87. The molecule has 4 nitrogen and oxygen atoms in total. The Labute approximate surface area is 232 Å². The second-order valence-corrected chi connectivity index (χ2v) is 10.6. The van der Waals surface area contributed by atoms with E-state index in [0.29, 0.717) is 11.5 Å². The maximum atomic E-state index is 9.72. The van der Waals surface area contributed by atoms with Crippen molar-refractivity contribution in [1.82, 2.24) is 0 Å². The van der Waals surface area contributed by atoms with Crippen LogP contribution >= 0.6 is 0 Å². The number of nitrogens with zero attached hydrogens (tertiary/aromatic N) is 2. The Hall–Kier alpha value is -2.62. The molecular weight excluding hydrogens is 468 g/mol. The van der Waals surface area contributed by atoms with Crippen LogP contribution in [0.15, 0.2) is 58.5 Å². The molecule has 0 aliphatic rings. The van der Waals surface area contributed by atoms with Crippen molar-refractivity contribution in [2.24, 2.45) is 9.98 Å². The average molecular weight is 521 g/mol. The van der Waals surface area contributed by atoms with E-state index in [1.807, 2.05) is 36.4 Å². The Morgan fingerprint density at radius 3 is 0.947 bits per heavy atom. The van der Waals surface area contributed by atoms with Crippen molar-refractivity contribution in [1.29, 1.82) is 0 Å². The quantitative estimate of drug-likeness (QED) is 0.113. The van der Waals surface area contributed by atoms with Crippen LogP contribution in [0.5, 0.6) is 11.5 Å². The number of hydrogen-bond acceptors (Lipinski definition) is 4. The van der Waals surface area contributed by atoms with Gasteiger partial charge in [-0.15, -0.1) is 0 Å². The topological polar surface area (TPSA) is 65.2 Å². The molecule has 38 heavy (non-hydrogen) atoms. The summed E-state index contributed by atoms with van der Waals surface area (Å²) in [6, 6.07) is 14.7. The van der Waals surface area contributed by atoms with Gasteiger partial charge < -0.3 is 10.2 Å². The summed E-state index contributed by atoms with van der Waals surface area (Å²) < 4.78 is 0. The molecule has 210 valence electrons. The molecule has 4 heteroatoms. The third kappa shape index (κ3) is 16.3. The molecule has 0 heterocycles. The fourth-order valence-corrected chi connectivity index (χ4v) is 4.75. The van der Waals surface area contributed by atoms with Crippen LogP contribution < -0.4 is 0 Å². The molecule has 0 aromatic heterocycles. The lowest BCUT2D eigenvalue weighted by Crippen LogP contribution is -1.87. The van der Waals surface area contributed by atoms with Crippen LogP contribution in [0.25, 0.3) is 0 Å². The molecule has 0 radical (unpaired) electrons. The van der Waals surface area contributed by atoms with Gasteiger partial charge in [0.15, 0.2) is 0 Å². The first-order chi connectivity index (χ1) is 18.8. The summed E-state index contributed by atoms with van der Waals surface area (Å²) in [5.74, 6) is 0.611. The Morgan fingerprint density at radius 1 is 0.395 bits per heavy atom. The lowest BCUT2D eigenvalue weighted by Gasteiger charge is -2.04. The lowest BCUT2D eigenvalue weighted by molar-refractivity contribution is 0.474. The Bertz CT molecular complexity index is 820. The van der Waals surface area contributed by atoms with E-state index in [1.54, 1.807) is 24.6 Å². The second kappa shape index (κ2) is 22.4. The van der Waals surface area contributed by atoms with Crippen LogP contribution in [-0.4, -0.2) is 35.7 Å². The highest BCUT2D eigenvalue weighted by Gasteiger charge is 1.97. The van der Waals surface area contributed by atoms with E-state index in [1.165, 1.54) is 103 Å². The SMILES string of the molecule is Oc1ccccc1C=NCCCCCCCCCCCCCCCCCCCCN=Cc1ccccc1O. The first-order valence-corrected chi connectivity index (χ1v) is 15.3. The van der Waals surface area contributed by atoms with Crippen LogP contribution in [-0.2, 0) is 0 Å². The zero-order valence-electron chi connectivity index (χ0n) is 23.7. The van der Waals surface area contributed by atoms with Crippen LogP contribution in [0.2, 0.25) is 0 Å². The fraction of sp³-hybridized carbons (Fsp3) is 0.588. The monoisotopic (exact) mass is 520 g/mol. The number of benzene rings is 2. The molecule has 2 aromatic carbocycles. The number of phenolic OH excluding ortho intramolecular Hbond substituents is 2. The van der Waals surface area contributed by atoms with E-state index < -0.39 is 0 Å². The first kappa shape index (κ1) is 31.6. The molecule has 0 atom stereocenters. The number of para-hydroxylation sites is 2. The summed E-state index contributed by atoms with van der Waals surface area (Å²) in [6.07, 6.45) is 27.7. The number of aromatic hydroxyl groups is 2. The smallest absolute Gasteiger partial charge is 0.124 e. The van der Waals surface area contributed by atoms with E-state index in [9.17, 15) is 10.2 Å². The fourth-order valence-electron chi connectivity index (χ4n) is 4.75. The highest BCUT2D eigenvalue weighted by Crippen LogP contribution is 2.16. The first-order valence-electron chi connectivity index (χ1n) is 15.3. The van der Waals surface area contributed by atoms with E-state index in [-0.39, 0.29) is 0 Å². The van der Waals surface area contributed by atoms with Crippen molar-refractivity contribution >= 4 is 12.4 Å². The number of hydrogen-bond donors (Lipinski definition) is 2. The van der Waals surface area contributed by atoms with Crippen molar-refractivity contribution < 1.29 is 10.2 Å². The van der Waals surface area contributed by atoms with Gasteiger partial charge in [0.1, 0.15) is 11.5 Å². The van der Waals surface area contributed by atoms with E-state index in [4.69, 9.17) is 0 Å². The van der Waals surface area contributed by atoms with E-state index >= 15 is 0 Å². The molecule has 0 saturated carbocycles. The standard InChI is InChI=1S/C34H52N2O2/c37-33-25-19-17-23-31(33)29-35-27-21-15-13-11-9-7-5-3-1-2-4-6-8-10-12-14-16-22-28-36-30-32-24-18-20-26-34(32)38/h17-20,23-26,29-30,37-38H,1-16,21-22,27-28H2. The van der Waals surface area contributed by atoms with Gasteiger partial charge in [-0.25, -0.2) is 0 Å². The molecular formula is C34H52N2O2. The van der Waals surface area contributed by atoms with Crippen molar-refractivity contribution in [2.75, 3.05) is 13.1 Å². The van der Waals surface area contributed by atoms with Gasteiger partial charge in [-0.1, -0.05) is 127 Å². The lowest BCUT2D eigenvalue weighted by atomic mass is 10.0. The third-order valence-corrected chi connectivity index (χ3v) is 7.16. The van der Waals surface area contributed by atoms with Gasteiger partial charge in [-0.2, -0.15) is 0 Å². The van der Waals surface area contributed by atoms with Gasteiger partial charge in [-0.05, 0) is 37.1 Å². The zero-order chi connectivity index (χ0) is 26.9. The minimum absolute atomic E-state index is 0.305. The summed E-state index contributed by atoms with van der Waals surface area (Å²) in [5, 5.41) is 19.4. The Kier molecular flexibility index (Phi) is 18.6. The summed E-state index contributed by atoms with van der Waals surface area (Å²) in [5.41, 5.74) is 1.61. The van der Waals surface area contributed by atoms with Crippen molar-refractivity contribution in [3.05, 3.63) is 59.7 Å². The van der Waals surface area contributed by atoms with Crippen LogP contribution in [0.1, 0.15) is 127 Å². The molecule has 2 rings (SSSR count). The van der Waals surface area contributed by atoms with Gasteiger partial charge in [0, 0.05) is 36.6 Å². The largest absolute Gasteiger partial charge is 0.507 e. The highest BCUT2D eigenvalue weighted by atomic mass is 16.3. The number of aliphatic imine (C=N–C) groups is 2. The summed E-state index contributed by atoms with van der Waals surface area (Å²) in [6.45, 7) is 1.71. The van der Waals surface area contributed by atoms with Crippen molar-refractivity contribution in [2.45, 2.75) is 116 Å². The molecule has 0 bridgehead atoms. The number of phenols is 2. The Morgan fingerprint density at radius 2 is 0.658 bits per heavy atom. The van der Waals surface area contributed by atoms with E-state index in [0.717, 1.165) is 37.1 Å². The molecule has 0 saturated heterocycles. The number of unbranched alkanes of at least 4 members (excludes halogenated alkanes) is 17. The van der Waals surface area contributed by atoms with Crippen molar-refractivity contribution in [3.8, 4) is 11.5 Å². The maximum absolute atomic E-state index is 9.72. The summed E-state index contributed by atoms with van der Waals surface area (Å²) >= 11 is 0. The van der Waals surface area contributed by atoms with Gasteiger partial charge >= 0.3 is 0 Å². The van der Waals surface area contributed by atoms with E-state index in [2.05, 4.69) is 9.98 Å². The molecule has 2 N–H and O–H groups in total. The minimum Gasteiger partial charge on any atom is -0.507 e. The normalized spacial score (nSPS) is 11.7. The third-order valence-electron chi connectivity index (χ3n) is 7.16. The molecule has 0 amide bonds. The second-order valence-electron chi connectivity index (χ2n) is 10.6. The molecule has 0 aliphatic carbocycles. The molecule has 2 aromatic rings. The number of rotatable bonds is 23.